The summed E-state index contributed by atoms with van der Waals surface area (Å²) in [6.07, 6.45) is 3.83. The van der Waals surface area contributed by atoms with Crippen LogP contribution in [0.25, 0.3) is 78.7 Å². The van der Waals surface area contributed by atoms with Gasteiger partial charge >= 0.3 is 0 Å². The summed E-state index contributed by atoms with van der Waals surface area (Å²) in [5, 5.41) is 0. The number of fused-ring (bicyclic) bond motifs is 10. The predicted molar refractivity (Wildman–Crippen MR) is 226 cm³/mol. The van der Waals surface area contributed by atoms with Gasteiger partial charge in [-0.05, 0) is 104 Å². The Bertz CT molecular complexity index is 2940. The van der Waals surface area contributed by atoms with Gasteiger partial charge in [-0.3, -0.25) is 4.98 Å². The second-order valence-electron chi connectivity index (χ2n) is 14.6. The van der Waals surface area contributed by atoms with Crippen LogP contribution < -0.4 is 0 Å². The second kappa shape index (κ2) is 12.6. The molecule has 0 aliphatic heterocycles. The van der Waals surface area contributed by atoms with E-state index in [4.69, 9.17) is 15.0 Å². The molecule has 56 heavy (non-hydrogen) atoms. The minimum absolute atomic E-state index is 0.481. The first-order valence-electron chi connectivity index (χ1n) is 19.0. The van der Waals surface area contributed by atoms with Crippen LogP contribution in [0, 0.1) is 6.92 Å². The number of aryl methyl sites for hydroxylation is 1. The highest BCUT2D eigenvalue weighted by molar-refractivity contribution is 5.99. The summed E-state index contributed by atoms with van der Waals surface area (Å²) < 4.78 is 0. The zero-order chi connectivity index (χ0) is 37.2. The SMILES string of the molecule is Cc1cnccc1-c1cc2c(cc1-c1nc(-c3ccccc3)nc(-c3cccc(-c4ccccc4)c3)n1)-c1ccccc1C21c2ccccc2-c2ccccc21. The number of nitrogens with zero attached hydrogens (tertiary/aromatic N) is 4. The van der Waals surface area contributed by atoms with E-state index < -0.39 is 5.41 Å². The van der Waals surface area contributed by atoms with Crippen molar-refractivity contribution in [1.82, 2.24) is 19.9 Å². The molecule has 262 valence electrons. The smallest absolute Gasteiger partial charge is 0.164 e. The molecular weight excluding hydrogens is 681 g/mol. The number of pyridine rings is 1. The van der Waals surface area contributed by atoms with Gasteiger partial charge in [-0.1, -0.05) is 152 Å². The van der Waals surface area contributed by atoms with Gasteiger partial charge in [-0.25, -0.2) is 15.0 Å². The van der Waals surface area contributed by atoms with Crippen molar-refractivity contribution in [2.24, 2.45) is 0 Å². The lowest BCUT2D eigenvalue weighted by atomic mass is 9.70. The quantitative estimate of drug-likeness (QED) is 0.178. The summed E-state index contributed by atoms with van der Waals surface area (Å²) in [4.78, 5) is 20.3. The van der Waals surface area contributed by atoms with Crippen molar-refractivity contribution in [1.29, 1.82) is 0 Å². The highest BCUT2D eigenvalue weighted by Crippen LogP contribution is 2.63. The van der Waals surface area contributed by atoms with E-state index in [-0.39, 0.29) is 0 Å². The summed E-state index contributed by atoms with van der Waals surface area (Å²) >= 11 is 0. The minimum Gasteiger partial charge on any atom is -0.264 e. The fourth-order valence-electron chi connectivity index (χ4n) is 9.13. The van der Waals surface area contributed by atoms with Crippen molar-refractivity contribution in [2.45, 2.75) is 12.3 Å². The van der Waals surface area contributed by atoms with E-state index in [0.717, 1.165) is 44.5 Å². The highest BCUT2D eigenvalue weighted by atomic mass is 15.0. The molecule has 1 spiro atoms. The zero-order valence-electron chi connectivity index (χ0n) is 30.7. The molecule has 0 atom stereocenters. The van der Waals surface area contributed by atoms with Gasteiger partial charge in [0.2, 0.25) is 0 Å². The standard InChI is InChI=1S/C52H34N4/c1-33-32-53-28-27-38(33)42-31-48-43(41-23-10-13-26-47(41)52(48)45-24-11-8-21-39(45)40-22-9-12-25-46(40)52)30-44(42)51-55-49(35-17-6-3-7-18-35)54-50(56-51)37-20-14-19-36(29-37)34-15-4-2-5-16-34/h2-32H,1H3. The molecule has 9 aromatic rings. The summed E-state index contributed by atoms with van der Waals surface area (Å²) in [7, 11) is 0. The first kappa shape index (κ1) is 32.2. The zero-order valence-corrected chi connectivity index (χ0v) is 30.7. The van der Waals surface area contributed by atoms with Crippen LogP contribution in [0.4, 0.5) is 0 Å². The summed E-state index contributed by atoms with van der Waals surface area (Å²) in [6, 6.07) is 62.8. The minimum atomic E-state index is -0.481. The second-order valence-corrected chi connectivity index (χ2v) is 14.6. The van der Waals surface area contributed by atoms with Crippen molar-refractivity contribution in [3.05, 3.63) is 216 Å². The Hall–Kier alpha value is -7.30. The van der Waals surface area contributed by atoms with Gasteiger partial charge in [-0.2, -0.15) is 0 Å². The number of hydrogen-bond acceptors (Lipinski definition) is 4. The molecule has 0 saturated heterocycles. The largest absolute Gasteiger partial charge is 0.264 e. The molecule has 0 unspecified atom stereocenters. The van der Waals surface area contributed by atoms with Crippen LogP contribution in [0.1, 0.15) is 27.8 Å². The molecular formula is C52H34N4. The van der Waals surface area contributed by atoms with Crippen LogP contribution in [0.2, 0.25) is 0 Å². The molecule has 0 radical (unpaired) electrons. The molecule has 0 N–H and O–H groups in total. The van der Waals surface area contributed by atoms with E-state index in [2.05, 4.69) is 164 Å². The maximum Gasteiger partial charge on any atom is 0.164 e. The first-order chi connectivity index (χ1) is 27.7. The van der Waals surface area contributed by atoms with E-state index in [1.54, 1.807) is 0 Å². The molecule has 4 heteroatoms. The molecule has 0 saturated carbocycles. The summed E-state index contributed by atoms with van der Waals surface area (Å²) in [6.45, 7) is 2.13. The number of hydrogen-bond donors (Lipinski definition) is 0. The maximum absolute atomic E-state index is 5.35. The van der Waals surface area contributed by atoms with E-state index in [9.17, 15) is 0 Å². The lowest BCUT2D eigenvalue weighted by Gasteiger charge is -2.31. The Balaban J connectivity index is 1.22. The fraction of sp³-hybridized carbons (Fsp3) is 0.0385. The van der Waals surface area contributed by atoms with Gasteiger partial charge in [0.05, 0.1) is 5.41 Å². The van der Waals surface area contributed by atoms with Crippen LogP contribution in [0.5, 0.6) is 0 Å². The molecule has 4 nitrogen and oxygen atoms in total. The van der Waals surface area contributed by atoms with E-state index in [1.165, 1.54) is 44.5 Å². The van der Waals surface area contributed by atoms with Crippen molar-refractivity contribution in [3.63, 3.8) is 0 Å². The fourth-order valence-corrected chi connectivity index (χ4v) is 9.13. The lowest BCUT2D eigenvalue weighted by molar-refractivity contribution is 0.794. The third kappa shape index (κ3) is 4.79. The molecule has 0 amide bonds. The molecule has 2 aliphatic carbocycles. The first-order valence-corrected chi connectivity index (χ1v) is 19.0. The molecule has 0 bridgehead atoms. The van der Waals surface area contributed by atoms with Gasteiger partial charge in [0, 0.05) is 29.1 Å². The molecule has 7 aromatic carbocycles. The Morgan fingerprint density at radius 2 is 0.857 bits per heavy atom. The Kier molecular flexibility index (Phi) is 7.26. The van der Waals surface area contributed by atoms with Gasteiger partial charge in [0.1, 0.15) is 0 Å². The molecule has 2 heterocycles. The van der Waals surface area contributed by atoms with Crippen LogP contribution >= 0.6 is 0 Å². The normalized spacial score (nSPS) is 12.9. The van der Waals surface area contributed by atoms with Crippen molar-refractivity contribution < 1.29 is 0 Å². The Labute approximate surface area is 325 Å². The number of rotatable bonds is 5. The summed E-state index contributed by atoms with van der Waals surface area (Å²) in [5.74, 6) is 1.88. The lowest BCUT2D eigenvalue weighted by Crippen LogP contribution is -2.26. The topological polar surface area (TPSA) is 51.6 Å². The van der Waals surface area contributed by atoms with Gasteiger partial charge in [0.25, 0.3) is 0 Å². The van der Waals surface area contributed by atoms with Crippen LogP contribution in [0.15, 0.2) is 188 Å². The average molecular weight is 715 g/mol. The third-order valence-electron chi connectivity index (χ3n) is 11.6. The van der Waals surface area contributed by atoms with Gasteiger partial charge in [0.15, 0.2) is 17.5 Å². The molecule has 2 aromatic heterocycles. The highest BCUT2D eigenvalue weighted by Gasteiger charge is 2.51. The predicted octanol–water partition coefficient (Wildman–Crippen LogP) is 12.3. The molecule has 11 rings (SSSR count). The Morgan fingerprint density at radius 1 is 0.339 bits per heavy atom. The Morgan fingerprint density at radius 3 is 1.50 bits per heavy atom. The van der Waals surface area contributed by atoms with Crippen LogP contribution in [0.3, 0.4) is 0 Å². The van der Waals surface area contributed by atoms with Gasteiger partial charge in [-0.15, -0.1) is 0 Å². The van der Waals surface area contributed by atoms with Crippen molar-refractivity contribution in [3.8, 4) is 78.7 Å². The average Bonchev–Trinajstić information content (AvgIpc) is 3.73. The molecule has 0 fully saturated rings. The summed E-state index contributed by atoms with van der Waals surface area (Å²) in [5.41, 5.74) is 18.0. The molecule has 2 aliphatic rings. The monoisotopic (exact) mass is 714 g/mol. The third-order valence-corrected chi connectivity index (χ3v) is 11.6. The van der Waals surface area contributed by atoms with Crippen molar-refractivity contribution >= 4 is 0 Å². The van der Waals surface area contributed by atoms with E-state index in [1.807, 2.05) is 36.7 Å². The van der Waals surface area contributed by atoms with Gasteiger partial charge < -0.3 is 0 Å². The number of aromatic nitrogens is 4. The van der Waals surface area contributed by atoms with Crippen LogP contribution in [-0.4, -0.2) is 19.9 Å². The van der Waals surface area contributed by atoms with Crippen molar-refractivity contribution in [2.75, 3.05) is 0 Å². The van der Waals surface area contributed by atoms with E-state index in [0.29, 0.717) is 17.5 Å². The van der Waals surface area contributed by atoms with Crippen LogP contribution in [-0.2, 0) is 5.41 Å². The number of benzene rings is 7. The van der Waals surface area contributed by atoms with E-state index >= 15 is 0 Å². The maximum atomic E-state index is 5.35.